The molecule has 0 fully saturated rings. The van der Waals surface area contributed by atoms with Gasteiger partial charge in [0.1, 0.15) is 18.2 Å². The van der Waals surface area contributed by atoms with Crippen LogP contribution in [0.2, 0.25) is 0 Å². The maximum absolute atomic E-state index is 12.7. The Kier molecular flexibility index (Phi) is 5.29. The number of rotatable bonds is 5. The quantitative estimate of drug-likeness (QED) is 0.611. The normalized spacial score (nSPS) is 10.3. The highest BCUT2D eigenvalue weighted by Gasteiger charge is 2.21. The van der Waals surface area contributed by atoms with Crippen molar-refractivity contribution in [3.05, 3.63) is 68.6 Å². The predicted octanol–water partition coefficient (Wildman–Crippen LogP) is 2.07. The molecule has 1 aromatic carbocycles. The third-order valence-corrected chi connectivity index (χ3v) is 3.53. The Bertz CT molecular complexity index is 897. The Morgan fingerprint density at radius 2 is 2.00 bits per heavy atom. The summed E-state index contributed by atoms with van der Waals surface area (Å²) in [5.41, 5.74) is -0.878. The van der Waals surface area contributed by atoms with Crippen molar-refractivity contribution in [2.45, 2.75) is 26.4 Å². The van der Waals surface area contributed by atoms with E-state index in [9.17, 15) is 19.7 Å². The summed E-state index contributed by atoms with van der Waals surface area (Å²) in [6.45, 7) is 3.24. The number of pyridine rings is 1. The van der Waals surface area contributed by atoms with Gasteiger partial charge in [0.05, 0.1) is 11.1 Å². The van der Waals surface area contributed by atoms with Crippen molar-refractivity contribution >= 4 is 17.3 Å². The highest BCUT2D eigenvalue weighted by molar-refractivity contribution is 5.93. The molecule has 2 rings (SSSR count). The zero-order valence-corrected chi connectivity index (χ0v) is 13.7. The number of nitriles is 1. The molecule has 0 saturated carbocycles. The lowest BCUT2D eigenvalue weighted by atomic mass is 10.2. The van der Waals surface area contributed by atoms with Gasteiger partial charge in [-0.3, -0.25) is 24.3 Å². The van der Waals surface area contributed by atoms with E-state index >= 15 is 0 Å². The molecule has 8 heteroatoms. The fourth-order valence-corrected chi connectivity index (χ4v) is 2.46. The molecule has 0 spiro atoms. The zero-order valence-electron chi connectivity index (χ0n) is 13.7. The summed E-state index contributed by atoms with van der Waals surface area (Å²) in [6, 6.07) is 11.2. The molecule has 8 nitrogen and oxygen atoms in total. The van der Waals surface area contributed by atoms with Crippen LogP contribution in [0, 0.1) is 21.4 Å². The molecule has 0 unspecified atom stereocenters. The number of aromatic nitrogens is 1. The van der Waals surface area contributed by atoms with Crippen LogP contribution in [0.1, 0.15) is 19.4 Å². The van der Waals surface area contributed by atoms with Crippen molar-refractivity contribution < 1.29 is 9.72 Å². The molecule has 0 saturated heterocycles. The van der Waals surface area contributed by atoms with E-state index in [1.807, 2.05) is 19.9 Å². The maximum Gasteiger partial charge on any atom is 0.287 e. The van der Waals surface area contributed by atoms with Crippen LogP contribution >= 0.6 is 0 Å². The predicted molar refractivity (Wildman–Crippen MR) is 91.1 cm³/mol. The summed E-state index contributed by atoms with van der Waals surface area (Å²) in [5.74, 6) is -0.410. The monoisotopic (exact) mass is 340 g/mol. The smallest absolute Gasteiger partial charge is 0.287 e. The summed E-state index contributed by atoms with van der Waals surface area (Å²) in [6.07, 6.45) is 0.977. The van der Waals surface area contributed by atoms with E-state index in [2.05, 4.69) is 0 Å². The van der Waals surface area contributed by atoms with E-state index in [1.165, 1.54) is 4.90 Å². The highest BCUT2D eigenvalue weighted by atomic mass is 16.6. The number of amides is 1. The summed E-state index contributed by atoms with van der Waals surface area (Å²) < 4.78 is 0.900. The molecule has 128 valence electrons. The Hall–Kier alpha value is -3.47. The second-order valence-electron chi connectivity index (χ2n) is 5.61. The molecule has 2 aromatic rings. The van der Waals surface area contributed by atoms with Crippen molar-refractivity contribution in [3.8, 4) is 6.07 Å². The van der Waals surface area contributed by atoms with Crippen molar-refractivity contribution in [1.29, 1.82) is 5.26 Å². The highest BCUT2D eigenvalue weighted by Crippen LogP contribution is 2.17. The molecule has 0 atom stereocenters. The second-order valence-corrected chi connectivity index (χ2v) is 5.61. The fourth-order valence-electron chi connectivity index (χ4n) is 2.46. The third-order valence-electron chi connectivity index (χ3n) is 3.53. The van der Waals surface area contributed by atoms with Gasteiger partial charge < -0.3 is 4.90 Å². The average Bonchev–Trinajstić information content (AvgIpc) is 2.57. The first kappa shape index (κ1) is 17.9. The van der Waals surface area contributed by atoms with Crippen LogP contribution in [0.25, 0.3) is 0 Å². The minimum absolute atomic E-state index is 0.181. The number of carbonyl (C=O) groups excluding carboxylic acids is 1. The van der Waals surface area contributed by atoms with Crippen LogP contribution < -0.4 is 10.5 Å². The van der Waals surface area contributed by atoms with Crippen LogP contribution in [0.15, 0.2) is 47.4 Å². The number of para-hydroxylation sites is 1. The van der Waals surface area contributed by atoms with E-state index in [-0.39, 0.29) is 11.6 Å². The second kappa shape index (κ2) is 7.40. The van der Waals surface area contributed by atoms with Gasteiger partial charge in [-0.1, -0.05) is 18.2 Å². The number of hydrogen-bond donors (Lipinski definition) is 0. The van der Waals surface area contributed by atoms with Crippen molar-refractivity contribution in [2.75, 3.05) is 4.90 Å². The minimum Gasteiger partial charge on any atom is -0.308 e. The molecule has 0 aliphatic heterocycles. The molecule has 1 heterocycles. The van der Waals surface area contributed by atoms with Crippen LogP contribution in [0.3, 0.4) is 0 Å². The van der Waals surface area contributed by atoms with Gasteiger partial charge in [-0.25, -0.2) is 0 Å². The van der Waals surface area contributed by atoms with Crippen molar-refractivity contribution in [1.82, 2.24) is 4.57 Å². The van der Waals surface area contributed by atoms with Gasteiger partial charge in [-0.2, -0.15) is 5.26 Å². The summed E-state index contributed by atoms with van der Waals surface area (Å²) in [4.78, 5) is 36.6. The number of carbonyl (C=O) groups is 1. The number of nitro groups is 1. The Morgan fingerprint density at radius 1 is 1.36 bits per heavy atom. The lowest BCUT2D eigenvalue weighted by Crippen LogP contribution is -2.41. The molecule has 1 amide bonds. The summed E-state index contributed by atoms with van der Waals surface area (Å²) in [5, 5.41) is 19.9. The lowest BCUT2D eigenvalue weighted by Gasteiger charge is -2.27. The Balaban J connectivity index is 2.42. The van der Waals surface area contributed by atoms with Gasteiger partial charge in [0, 0.05) is 17.8 Å². The van der Waals surface area contributed by atoms with Crippen LogP contribution in [-0.2, 0) is 11.3 Å². The molecule has 0 aliphatic rings. The van der Waals surface area contributed by atoms with Gasteiger partial charge in [0.25, 0.3) is 11.2 Å². The molecular formula is C17H16N4O4. The fraction of sp³-hybridized carbons (Fsp3) is 0.235. The van der Waals surface area contributed by atoms with E-state index in [0.29, 0.717) is 5.69 Å². The van der Waals surface area contributed by atoms with Crippen LogP contribution in [0.5, 0.6) is 0 Å². The molecule has 0 N–H and O–H groups in total. The SMILES string of the molecule is CC(C)N(C(=O)Cn1cc([N+](=O)[O-])cc(C#N)c1=O)c1ccccc1. The lowest BCUT2D eigenvalue weighted by molar-refractivity contribution is -0.385. The van der Waals surface area contributed by atoms with Gasteiger partial charge in [0.15, 0.2) is 0 Å². The number of nitrogens with zero attached hydrogens (tertiary/aromatic N) is 4. The average molecular weight is 340 g/mol. The van der Waals surface area contributed by atoms with Crippen LogP contribution in [-0.4, -0.2) is 21.4 Å². The van der Waals surface area contributed by atoms with Gasteiger partial charge in [-0.05, 0) is 26.0 Å². The summed E-state index contributed by atoms with van der Waals surface area (Å²) in [7, 11) is 0. The largest absolute Gasteiger partial charge is 0.308 e. The number of hydrogen-bond acceptors (Lipinski definition) is 5. The third kappa shape index (κ3) is 3.90. The first-order valence-electron chi connectivity index (χ1n) is 7.51. The maximum atomic E-state index is 12.7. The Labute approximate surface area is 143 Å². The topological polar surface area (TPSA) is 109 Å². The van der Waals surface area contributed by atoms with Crippen LogP contribution in [0.4, 0.5) is 11.4 Å². The number of benzene rings is 1. The Morgan fingerprint density at radius 3 is 2.52 bits per heavy atom. The van der Waals surface area contributed by atoms with E-state index in [1.54, 1.807) is 30.3 Å². The zero-order chi connectivity index (χ0) is 18.6. The molecular weight excluding hydrogens is 324 g/mol. The molecule has 0 radical (unpaired) electrons. The summed E-state index contributed by atoms with van der Waals surface area (Å²) >= 11 is 0. The van der Waals surface area contributed by atoms with E-state index < -0.39 is 28.6 Å². The van der Waals surface area contributed by atoms with Crippen molar-refractivity contribution in [2.24, 2.45) is 0 Å². The van der Waals surface area contributed by atoms with E-state index in [4.69, 9.17) is 5.26 Å². The first-order chi connectivity index (χ1) is 11.8. The minimum atomic E-state index is -0.738. The van der Waals surface area contributed by atoms with Gasteiger partial charge >= 0.3 is 0 Å². The van der Waals surface area contributed by atoms with Gasteiger partial charge in [0.2, 0.25) is 5.91 Å². The number of anilines is 1. The molecule has 25 heavy (non-hydrogen) atoms. The van der Waals surface area contributed by atoms with Gasteiger partial charge in [-0.15, -0.1) is 0 Å². The van der Waals surface area contributed by atoms with E-state index in [0.717, 1.165) is 16.8 Å². The molecule has 1 aromatic heterocycles. The molecule has 0 bridgehead atoms. The first-order valence-corrected chi connectivity index (χ1v) is 7.51. The standard InChI is InChI=1S/C17H16N4O4/c1-12(2)20(14-6-4-3-5-7-14)16(22)11-19-10-15(21(24)25)8-13(9-18)17(19)23/h3-8,10,12H,11H2,1-2H3. The molecule has 0 aliphatic carbocycles. The van der Waals surface area contributed by atoms with Crippen molar-refractivity contribution in [3.63, 3.8) is 0 Å².